The van der Waals surface area contributed by atoms with Gasteiger partial charge in [0.25, 0.3) is 0 Å². The van der Waals surface area contributed by atoms with Crippen LogP contribution in [0, 0.1) is 12.7 Å². The van der Waals surface area contributed by atoms with Crippen LogP contribution in [0.5, 0.6) is 0 Å². The maximum absolute atomic E-state index is 13.4. The summed E-state index contributed by atoms with van der Waals surface area (Å²) in [5.41, 5.74) is 1.09. The Labute approximate surface area is 141 Å². The molecule has 0 saturated carbocycles. The van der Waals surface area contributed by atoms with Crippen LogP contribution < -0.4 is 5.32 Å². The lowest BCUT2D eigenvalue weighted by atomic mass is 9.79. The van der Waals surface area contributed by atoms with Gasteiger partial charge in [0.05, 0.1) is 12.0 Å². The van der Waals surface area contributed by atoms with E-state index in [4.69, 9.17) is 9.26 Å². The third kappa shape index (κ3) is 3.54. The van der Waals surface area contributed by atoms with Gasteiger partial charge in [0.15, 0.2) is 0 Å². The summed E-state index contributed by atoms with van der Waals surface area (Å²) in [7, 11) is 1.68. The minimum Gasteiger partial charge on any atom is -0.384 e. The van der Waals surface area contributed by atoms with Crippen molar-refractivity contribution in [2.75, 3.05) is 26.8 Å². The van der Waals surface area contributed by atoms with Gasteiger partial charge in [-0.1, -0.05) is 5.16 Å². The minimum atomic E-state index is -0.236. The lowest BCUT2D eigenvalue weighted by Gasteiger charge is -2.33. The number of nitrogens with zero attached hydrogens (tertiary/aromatic N) is 2. The number of methoxy groups -OCH3 is 1. The van der Waals surface area contributed by atoms with Gasteiger partial charge in [0, 0.05) is 12.7 Å². The largest absolute Gasteiger partial charge is 0.384 e. The molecule has 1 aromatic heterocycles. The van der Waals surface area contributed by atoms with Crippen molar-refractivity contribution in [2.45, 2.75) is 25.2 Å². The van der Waals surface area contributed by atoms with E-state index in [1.54, 1.807) is 26.2 Å². The summed E-state index contributed by atoms with van der Waals surface area (Å²) in [5, 5.41) is 7.41. The third-order valence-corrected chi connectivity index (χ3v) is 4.28. The molecule has 126 valence electrons. The third-order valence-electron chi connectivity index (χ3n) is 4.28. The molecule has 7 heteroatoms. The highest BCUT2D eigenvalue weighted by Crippen LogP contribution is 2.34. The molecule has 0 amide bonds. The van der Waals surface area contributed by atoms with Crippen molar-refractivity contribution in [3.8, 4) is 11.4 Å². The number of piperidine rings is 1. The van der Waals surface area contributed by atoms with Crippen LogP contribution in [0.3, 0.4) is 0 Å². The number of ether oxygens (including phenoxy) is 1. The van der Waals surface area contributed by atoms with Crippen molar-refractivity contribution in [3.63, 3.8) is 0 Å². The van der Waals surface area contributed by atoms with Crippen molar-refractivity contribution >= 4 is 12.4 Å². The Balaban J connectivity index is 0.00000192. The highest BCUT2D eigenvalue weighted by atomic mass is 35.5. The van der Waals surface area contributed by atoms with E-state index < -0.39 is 0 Å². The molecule has 2 heterocycles. The maximum Gasteiger partial charge on any atom is 0.235 e. The number of hydrogen-bond donors (Lipinski definition) is 1. The molecule has 1 saturated heterocycles. The number of aryl methyl sites for hydroxylation is 1. The van der Waals surface area contributed by atoms with E-state index in [1.807, 2.05) is 0 Å². The standard InChI is InChI=1S/C16H20FN3O2.ClH/c1-11-9-12(3-4-13(11)17)14-19-15(22-20-14)16(10-21-2)5-7-18-8-6-16;/h3-4,9,18H,5-8,10H2,1-2H3;1H. The molecule has 1 N–H and O–H groups in total. The van der Waals surface area contributed by atoms with Crippen molar-refractivity contribution in [1.82, 2.24) is 15.5 Å². The topological polar surface area (TPSA) is 60.2 Å². The Hall–Kier alpha value is -1.50. The Morgan fingerprint density at radius 3 is 2.74 bits per heavy atom. The van der Waals surface area contributed by atoms with Crippen LogP contribution in [0.15, 0.2) is 22.7 Å². The predicted octanol–water partition coefficient (Wildman–Crippen LogP) is 2.87. The molecule has 0 aliphatic carbocycles. The molecule has 0 atom stereocenters. The van der Waals surface area contributed by atoms with Crippen LogP contribution in [0.4, 0.5) is 4.39 Å². The Morgan fingerprint density at radius 1 is 1.35 bits per heavy atom. The average molecular weight is 342 g/mol. The van der Waals surface area contributed by atoms with Crippen molar-refractivity contribution in [1.29, 1.82) is 0 Å². The first-order valence-electron chi connectivity index (χ1n) is 7.45. The van der Waals surface area contributed by atoms with Crippen molar-refractivity contribution < 1.29 is 13.7 Å². The van der Waals surface area contributed by atoms with Crippen molar-refractivity contribution in [3.05, 3.63) is 35.5 Å². The van der Waals surface area contributed by atoms with Gasteiger partial charge in [-0.25, -0.2) is 4.39 Å². The molecule has 3 rings (SSSR count). The van der Waals surface area contributed by atoms with Gasteiger partial charge in [-0.3, -0.25) is 0 Å². The molecule has 0 radical (unpaired) electrons. The van der Waals surface area contributed by atoms with Gasteiger partial charge in [0.2, 0.25) is 11.7 Å². The van der Waals surface area contributed by atoms with Gasteiger partial charge < -0.3 is 14.6 Å². The average Bonchev–Trinajstić information content (AvgIpc) is 3.02. The molecule has 5 nitrogen and oxygen atoms in total. The second kappa shape index (κ2) is 7.38. The van der Waals surface area contributed by atoms with Gasteiger partial charge in [0.1, 0.15) is 5.82 Å². The zero-order valence-corrected chi connectivity index (χ0v) is 14.1. The molecule has 0 spiro atoms. The van der Waals surface area contributed by atoms with Crippen LogP contribution >= 0.6 is 12.4 Å². The molecule has 0 unspecified atom stereocenters. The first kappa shape index (κ1) is 17.8. The molecule has 1 fully saturated rings. The zero-order chi connectivity index (χ0) is 15.6. The number of benzene rings is 1. The molecular weight excluding hydrogens is 321 g/mol. The first-order chi connectivity index (χ1) is 10.6. The van der Waals surface area contributed by atoms with E-state index in [-0.39, 0.29) is 23.6 Å². The lowest BCUT2D eigenvalue weighted by molar-refractivity contribution is 0.0850. The van der Waals surface area contributed by atoms with Gasteiger partial charge in [-0.15, -0.1) is 12.4 Å². The van der Waals surface area contributed by atoms with Gasteiger partial charge in [-0.05, 0) is 56.6 Å². The Morgan fingerprint density at radius 2 is 2.09 bits per heavy atom. The number of hydrogen-bond acceptors (Lipinski definition) is 5. The number of aromatic nitrogens is 2. The van der Waals surface area contributed by atoms with Crippen LogP contribution in [0.1, 0.15) is 24.3 Å². The quantitative estimate of drug-likeness (QED) is 0.926. The highest BCUT2D eigenvalue weighted by molar-refractivity contribution is 5.85. The summed E-state index contributed by atoms with van der Waals surface area (Å²) in [6, 6.07) is 4.83. The minimum absolute atomic E-state index is 0. The number of nitrogens with one attached hydrogen (secondary N) is 1. The Bertz CT molecular complexity index is 651. The summed E-state index contributed by atoms with van der Waals surface area (Å²) in [6.07, 6.45) is 1.79. The zero-order valence-electron chi connectivity index (χ0n) is 13.3. The molecule has 1 aromatic carbocycles. The fourth-order valence-corrected chi connectivity index (χ4v) is 2.94. The maximum atomic E-state index is 13.4. The van der Waals surface area contributed by atoms with Gasteiger partial charge >= 0.3 is 0 Å². The smallest absolute Gasteiger partial charge is 0.235 e. The summed E-state index contributed by atoms with van der Waals surface area (Å²) in [5.74, 6) is 0.863. The first-order valence-corrected chi connectivity index (χ1v) is 7.45. The van der Waals surface area contributed by atoms with E-state index in [0.29, 0.717) is 23.9 Å². The van der Waals surface area contributed by atoms with E-state index in [2.05, 4.69) is 15.5 Å². The van der Waals surface area contributed by atoms with Crippen LogP contribution in [0.2, 0.25) is 0 Å². The normalized spacial score (nSPS) is 16.8. The predicted molar refractivity (Wildman–Crippen MR) is 87.3 cm³/mol. The number of halogens is 2. The van der Waals surface area contributed by atoms with E-state index in [9.17, 15) is 4.39 Å². The second-order valence-electron chi connectivity index (χ2n) is 5.85. The second-order valence-corrected chi connectivity index (χ2v) is 5.85. The number of rotatable bonds is 4. The Kier molecular flexibility index (Phi) is 5.73. The molecule has 2 aromatic rings. The molecule has 0 bridgehead atoms. The summed E-state index contributed by atoms with van der Waals surface area (Å²) < 4.78 is 24.3. The SMILES string of the molecule is COCC1(c2nc(-c3ccc(F)c(C)c3)no2)CCNCC1.Cl. The van der Waals surface area contributed by atoms with Crippen LogP contribution in [-0.4, -0.2) is 36.9 Å². The monoisotopic (exact) mass is 341 g/mol. The molecule has 23 heavy (non-hydrogen) atoms. The van der Waals surface area contributed by atoms with Crippen LogP contribution in [-0.2, 0) is 10.2 Å². The van der Waals surface area contributed by atoms with E-state index in [1.165, 1.54) is 6.07 Å². The van der Waals surface area contributed by atoms with Crippen LogP contribution in [0.25, 0.3) is 11.4 Å². The highest BCUT2D eigenvalue weighted by Gasteiger charge is 2.39. The molecular formula is C16H21ClFN3O2. The van der Waals surface area contributed by atoms with Crippen molar-refractivity contribution in [2.24, 2.45) is 0 Å². The fourth-order valence-electron chi connectivity index (χ4n) is 2.94. The lowest BCUT2D eigenvalue weighted by Crippen LogP contribution is -2.43. The van der Waals surface area contributed by atoms with E-state index in [0.717, 1.165) is 31.5 Å². The summed E-state index contributed by atoms with van der Waals surface area (Å²) in [6.45, 7) is 4.07. The summed E-state index contributed by atoms with van der Waals surface area (Å²) in [4.78, 5) is 4.56. The van der Waals surface area contributed by atoms with E-state index >= 15 is 0 Å². The fraction of sp³-hybridized carbons (Fsp3) is 0.500. The summed E-state index contributed by atoms with van der Waals surface area (Å²) >= 11 is 0. The molecule has 1 aliphatic heterocycles. The molecule has 1 aliphatic rings. The van der Waals surface area contributed by atoms with Gasteiger partial charge in [-0.2, -0.15) is 4.98 Å².